The maximum Gasteiger partial charge on any atom is 0.144 e. The van der Waals surface area contributed by atoms with Crippen LogP contribution in [-0.4, -0.2) is 4.98 Å². The van der Waals surface area contributed by atoms with Gasteiger partial charge in [0.15, 0.2) is 0 Å². The highest BCUT2D eigenvalue weighted by atomic mass is 31.1. The molecule has 0 spiro atoms. The van der Waals surface area contributed by atoms with Crippen LogP contribution in [0.25, 0.3) is 33.0 Å². The van der Waals surface area contributed by atoms with Crippen LogP contribution in [0.2, 0.25) is 0 Å². The van der Waals surface area contributed by atoms with Crippen molar-refractivity contribution < 1.29 is 0 Å². The summed E-state index contributed by atoms with van der Waals surface area (Å²) in [6, 6.07) is 35.3. The molecule has 0 saturated carbocycles. The summed E-state index contributed by atoms with van der Waals surface area (Å²) in [5, 5.41) is 5.39. The summed E-state index contributed by atoms with van der Waals surface area (Å²) in [4.78, 5) is 4.88. The minimum Gasteiger partial charge on any atom is -0.295 e. The van der Waals surface area contributed by atoms with Crippen LogP contribution in [0, 0.1) is 0 Å². The van der Waals surface area contributed by atoms with Crippen molar-refractivity contribution in [3.8, 4) is 22.3 Å². The third-order valence-corrected chi connectivity index (χ3v) is 8.60. The summed E-state index contributed by atoms with van der Waals surface area (Å²) < 4.78 is 2.50. The lowest BCUT2D eigenvalue weighted by Crippen LogP contribution is -2.34. The minimum atomic E-state index is -0.754. The number of rotatable bonds is 0. The summed E-state index contributed by atoms with van der Waals surface area (Å²) in [5.74, 6) is 1.06. The molecule has 0 radical (unpaired) electrons. The highest BCUT2D eigenvalue weighted by Crippen LogP contribution is 2.60. The molecule has 2 aliphatic heterocycles. The minimum absolute atomic E-state index is 0.754. The number of benzene rings is 4. The molecule has 5 aromatic rings. The molecule has 3 heteroatoms. The summed E-state index contributed by atoms with van der Waals surface area (Å²) in [7, 11) is -0.754. The third kappa shape index (κ3) is 2.09. The first-order valence-corrected chi connectivity index (χ1v) is 11.5. The van der Waals surface area contributed by atoms with Gasteiger partial charge in [-0.1, -0.05) is 66.7 Å². The fourth-order valence-electron chi connectivity index (χ4n) is 4.83. The number of pyridine rings is 1. The van der Waals surface area contributed by atoms with E-state index in [1.54, 1.807) is 0 Å². The standard InChI is InChI=1S/C27H17N2P/c1-2-9-19-17-26-23(16-18(19)8-1)20-10-3-5-13-24(20)29-27-22(12-7-15-28-27)21-11-4-6-14-25(21)30(26)29/h1-17H. The number of fused-ring (bicyclic) bond motifs is 12. The molecular formula is C27H17N2P. The van der Waals surface area contributed by atoms with Crippen LogP contribution in [0.1, 0.15) is 0 Å². The van der Waals surface area contributed by atoms with Gasteiger partial charge in [-0.25, -0.2) is 4.98 Å². The average molecular weight is 400 g/mol. The van der Waals surface area contributed by atoms with Crippen LogP contribution in [0.15, 0.2) is 103 Å². The van der Waals surface area contributed by atoms with Gasteiger partial charge in [0.2, 0.25) is 0 Å². The fraction of sp³-hybridized carbons (Fsp3) is 0. The molecule has 4 aromatic carbocycles. The molecule has 0 aliphatic carbocycles. The molecule has 30 heavy (non-hydrogen) atoms. The number of aromatic nitrogens is 1. The van der Waals surface area contributed by atoms with Gasteiger partial charge in [-0.15, -0.1) is 0 Å². The van der Waals surface area contributed by atoms with Crippen molar-refractivity contribution >= 4 is 41.0 Å². The van der Waals surface area contributed by atoms with Gasteiger partial charge in [0, 0.05) is 27.9 Å². The van der Waals surface area contributed by atoms with E-state index in [-0.39, 0.29) is 0 Å². The largest absolute Gasteiger partial charge is 0.295 e. The van der Waals surface area contributed by atoms with Crippen LogP contribution in [0.3, 0.4) is 0 Å². The van der Waals surface area contributed by atoms with Gasteiger partial charge in [0.25, 0.3) is 0 Å². The molecular weight excluding hydrogens is 383 g/mol. The Morgan fingerprint density at radius 2 is 1.27 bits per heavy atom. The Morgan fingerprint density at radius 3 is 2.17 bits per heavy atom. The fourth-order valence-corrected chi connectivity index (χ4v) is 7.58. The van der Waals surface area contributed by atoms with E-state index in [2.05, 4.69) is 95.7 Å². The quantitative estimate of drug-likeness (QED) is 0.280. The molecule has 1 aromatic heterocycles. The summed E-state index contributed by atoms with van der Waals surface area (Å²) >= 11 is 0. The van der Waals surface area contributed by atoms with Gasteiger partial charge in [-0.2, -0.15) is 0 Å². The SMILES string of the molecule is c1ccc2c(c1)-c1cc3ccccc3cc1P1c3ccccc3-c3cccnc3N21. The smallest absolute Gasteiger partial charge is 0.144 e. The number of nitrogens with zero attached hydrogens (tertiary/aromatic N) is 2. The Morgan fingerprint density at radius 1 is 0.567 bits per heavy atom. The number of hydrogen-bond acceptors (Lipinski definition) is 2. The predicted molar refractivity (Wildman–Crippen MR) is 127 cm³/mol. The molecule has 2 nitrogen and oxygen atoms in total. The molecule has 2 aliphatic rings. The molecule has 0 fully saturated rings. The second kappa shape index (κ2) is 6.01. The zero-order valence-corrected chi connectivity index (χ0v) is 17.1. The second-order valence-corrected chi connectivity index (χ2v) is 9.74. The van der Waals surface area contributed by atoms with E-state index in [4.69, 9.17) is 4.98 Å². The van der Waals surface area contributed by atoms with Crippen LogP contribution >= 0.6 is 8.07 Å². The first-order valence-electron chi connectivity index (χ1n) is 10.2. The highest BCUT2D eigenvalue weighted by molar-refractivity contribution is 7.75. The molecule has 1 unspecified atom stereocenters. The maximum atomic E-state index is 4.88. The Bertz CT molecular complexity index is 1470. The summed E-state index contributed by atoms with van der Waals surface area (Å²) in [6.07, 6.45) is 1.92. The number of hydrogen-bond donors (Lipinski definition) is 0. The Balaban J connectivity index is 1.65. The van der Waals surface area contributed by atoms with Crippen molar-refractivity contribution in [2.45, 2.75) is 0 Å². The molecule has 140 valence electrons. The summed E-state index contributed by atoms with van der Waals surface area (Å²) in [5.41, 5.74) is 6.40. The van der Waals surface area contributed by atoms with E-state index >= 15 is 0 Å². The predicted octanol–water partition coefficient (Wildman–Crippen LogP) is 6.38. The average Bonchev–Trinajstić information content (AvgIpc) is 2.82. The molecule has 1 atom stereocenters. The van der Waals surface area contributed by atoms with Crippen molar-refractivity contribution in [2.75, 3.05) is 4.67 Å². The van der Waals surface area contributed by atoms with Crippen molar-refractivity contribution in [1.82, 2.24) is 4.98 Å². The Kier molecular flexibility index (Phi) is 3.27. The first kappa shape index (κ1) is 16.3. The number of para-hydroxylation sites is 1. The van der Waals surface area contributed by atoms with Crippen LogP contribution in [0.5, 0.6) is 0 Å². The van der Waals surface area contributed by atoms with E-state index in [0.717, 1.165) is 5.82 Å². The van der Waals surface area contributed by atoms with E-state index in [0.29, 0.717) is 0 Å². The van der Waals surface area contributed by atoms with Gasteiger partial charge >= 0.3 is 0 Å². The maximum absolute atomic E-state index is 4.88. The molecule has 0 bridgehead atoms. The molecule has 0 amide bonds. The van der Waals surface area contributed by atoms with Gasteiger partial charge in [0.1, 0.15) is 5.82 Å². The number of anilines is 2. The van der Waals surface area contributed by atoms with E-state index in [1.807, 2.05) is 12.3 Å². The van der Waals surface area contributed by atoms with Gasteiger partial charge in [-0.05, 0) is 52.2 Å². The lowest BCUT2D eigenvalue weighted by atomic mass is 9.98. The van der Waals surface area contributed by atoms with Crippen molar-refractivity contribution in [1.29, 1.82) is 0 Å². The zero-order chi connectivity index (χ0) is 19.7. The van der Waals surface area contributed by atoms with Crippen molar-refractivity contribution in [3.63, 3.8) is 0 Å². The lowest BCUT2D eigenvalue weighted by molar-refractivity contribution is 1.24. The van der Waals surface area contributed by atoms with Crippen molar-refractivity contribution in [2.24, 2.45) is 0 Å². The Hall–Kier alpha value is -3.48. The second-order valence-electron chi connectivity index (χ2n) is 7.75. The topological polar surface area (TPSA) is 16.1 Å². The van der Waals surface area contributed by atoms with Crippen LogP contribution in [0.4, 0.5) is 11.5 Å². The Labute approximate surface area is 176 Å². The van der Waals surface area contributed by atoms with Gasteiger partial charge < -0.3 is 0 Å². The molecule has 0 saturated heterocycles. The lowest BCUT2D eigenvalue weighted by Gasteiger charge is -2.43. The first-order chi connectivity index (χ1) is 14.9. The van der Waals surface area contributed by atoms with Crippen LogP contribution < -0.4 is 15.3 Å². The molecule has 7 rings (SSSR count). The molecule has 0 N–H and O–H groups in total. The third-order valence-electron chi connectivity index (χ3n) is 6.12. The van der Waals surface area contributed by atoms with Gasteiger partial charge in [-0.3, -0.25) is 4.67 Å². The highest BCUT2D eigenvalue weighted by Gasteiger charge is 2.39. The van der Waals surface area contributed by atoms with E-state index < -0.39 is 8.07 Å². The summed E-state index contributed by atoms with van der Waals surface area (Å²) in [6.45, 7) is 0. The normalized spacial score (nSPS) is 15.6. The van der Waals surface area contributed by atoms with Crippen molar-refractivity contribution in [3.05, 3.63) is 103 Å². The molecule has 3 heterocycles. The zero-order valence-electron chi connectivity index (χ0n) is 16.2. The van der Waals surface area contributed by atoms with Crippen LogP contribution in [-0.2, 0) is 0 Å². The van der Waals surface area contributed by atoms with E-state index in [1.165, 1.54) is 49.3 Å². The monoisotopic (exact) mass is 400 g/mol. The van der Waals surface area contributed by atoms with Gasteiger partial charge in [0.05, 0.1) is 13.8 Å². The van der Waals surface area contributed by atoms with E-state index in [9.17, 15) is 0 Å².